The zero-order valence-electron chi connectivity index (χ0n) is 21.1. The number of ether oxygens (including phenoxy) is 1. The van der Waals surface area contributed by atoms with Crippen molar-refractivity contribution in [2.75, 3.05) is 5.32 Å². The average Bonchev–Trinajstić information content (AvgIpc) is 3.17. The maximum atomic E-state index is 15.8. The van der Waals surface area contributed by atoms with Crippen LogP contribution in [-0.4, -0.2) is 29.6 Å². The number of rotatable bonds is 3. The summed E-state index contributed by atoms with van der Waals surface area (Å²) in [6, 6.07) is 5.10. The van der Waals surface area contributed by atoms with Crippen LogP contribution in [0.4, 0.5) is 14.5 Å². The average molecular weight is 539 g/mol. The number of amides is 1. The number of hydrogen-bond acceptors (Lipinski definition) is 4. The molecular weight excluding hydrogens is 509 g/mol. The fraction of sp³-hybridized carbons (Fsp3) is 0.481. The van der Waals surface area contributed by atoms with E-state index >= 15 is 8.78 Å². The van der Waals surface area contributed by atoms with Crippen LogP contribution in [0.3, 0.4) is 0 Å². The smallest absolute Gasteiger partial charge is 0.324 e. The van der Waals surface area contributed by atoms with Gasteiger partial charge < -0.3 is 10.1 Å². The highest BCUT2D eigenvalue weighted by molar-refractivity contribution is 6.31. The van der Waals surface area contributed by atoms with Crippen LogP contribution in [0.2, 0.25) is 10.0 Å². The summed E-state index contributed by atoms with van der Waals surface area (Å²) in [5, 5.41) is 5.97. The molecule has 36 heavy (non-hydrogen) atoms. The van der Waals surface area contributed by atoms with E-state index in [2.05, 4.69) is 10.6 Å². The van der Waals surface area contributed by atoms with Gasteiger partial charge in [0.05, 0.1) is 5.02 Å². The van der Waals surface area contributed by atoms with Crippen molar-refractivity contribution in [2.24, 2.45) is 5.41 Å². The van der Waals surface area contributed by atoms with Crippen LogP contribution in [0.1, 0.15) is 65.0 Å². The number of halogens is 4. The van der Waals surface area contributed by atoms with Crippen molar-refractivity contribution in [1.82, 2.24) is 5.32 Å². The molecule has 2 heterocycles. The van der Waals surface area contributed by atoms with Crippen molar-refractivity contribution in [1.29, 1.82) is 0 Å². The molecule has 2 N–H and O–H groups in total. The minimum atomic E-state index is -1.68. The monoisotopic (exact) mass is 538 g/mol. The Bertz CT molecular complexity index is 1240. The number of carbonyl (C=O) groups excluding carboxylic acids is 2. The van der Waals surface area contributed by atoms with E-state index in [1.807, 2.05) is 20.8 Å². The third kappa shape index (κ3) is 4.50. The summed E-state index contributed by atoms with van der Waals surface area (Å²) in [6.45, 7) is 11.1. The van der Waals surface area contributed by atoms with Crippen LogP contribution in [0.5, 0.6) is 0 Å². The van der Waals surface area contributed by atoms with Crippen molar-refractivity contribution in [3.8, 4) is 0 Å². The van der Waals surface area contributed by atoms with Gasteiger partial charge in [-0.25, -0.2) is 8.78 Å². The quantitative estimate of drug-likeness (QED) is 0.446. The molecule has 0 aliphatic carbocycles. The topological polar surface area (TPSA) is 67.4 Å². The molecule has 0 saturated carbocycles. The van der Waals surface area contributed by atoms with E-state index < -0.39 is 52.5 Å². The number of esters is 1. The Morgan fingerprint density at radius 2 is 1.78 bits per heavy atom. The van der Waals surface area contributed by atoms with Crippen molar-refractivity contribution in [3.63, 3.8) is 0 Å². The summed E-state index contributed by atoms with van der Waals surface area (Å²) < 4.78 is 37.1. The molecule has 4 rings (SSSR count). The Morgan fingerprint density at radius 1 is 1.11 bits per heavy atom. The number of benzene rings is 2. The number of carbonyl (C=O) groups is 2. The number of nitrogens with one attached hydrogen (secondary N) is 2. The summed E-state index contributed by atoms with van der Waals surface area (Å²) in [7, 11) is 0. The largest absolute Gasteiger partial charge is 0.459 e. The van der Waals surface area contributed by atoms with Crippen LogP contribution in [0.15, 0.2) is 30.3 Å². The molecule has 5 nitrogen and oxygen atoms in total. The first-order valence-corrected chi connectivity index (χ1v) is 12.6. The summed E-state index contributed by atoms with van der Waals surface area (Å²) >= 11 is 12.3. The lowest BCUT2D eigenvalue weighted by atomic mass is 9.62. The Morgan fingerprint density at radius 3 is 2.39 bits per heavy atom. The van der Waals surface area contributed by atoms with Gasteiger partial charge in [0.1, 0.15) is 28.7 Å². The zero-order chi connectivity index (χ0) is 26.8. The normalized spacial score (nSPS) is 25.7. The third-order valence-corrected chi connectivity index (χ3v) is 7.15. The molecule has 1 fully saturated rings. The molecule has 9 heteroatoms. The molecule has 2 aromatic rings. The van der Waals surface area contributed by atoms with E-state index in [-0.39, 0.29) is 32.3 Å². The molecule has 4 atom stereocenters. The number of hydrogen-bond donors (Lipinski definition) is 2. The molecule has 1 amide bonds. The molecule has 2 aliphatic rings. The second-order valence-corrected chi connectivity index (χ2v) is 12.6. The maximum absolute atomic E-state index is 15.8. The standard InChI is InChI=1S/C27H30Cl2F2N2O3/c1-25(2,3)12-18-27(20-16(30)10-13(28)11-17(20)32-24(27)35)19(14-8-7-9-15(29)21(14)31)22(33-18)23(34)36-26(4,5)6/h7-11,18-19,22,33H,12H2,1-6H3,(H,32,35)/t18-,19-,22+,27+/m0/s1. The molecule has 0 aromatic heterocycles. The summed E-state index contributed by atoms with van der Waals surface area (Å²) in [5.74, 6) is -3.86. The van der Waals surface area contributed by atoms with Gasteiger partial charge in [-0.05, 0) is 56.4 Å². The summed E-state index contributed by atoms with van der Waals surface area (Å²) in [6.07, 6.45) is 0.375. The number of fused-ring (bicyclic) bond motifs is 2. The van der Waals surface area contributed by atoms with Gasteiger partial charge in [0, 0.05) is 28.2 Å². The predicted octanol–water partition coefficient (Wildman–Crippen LogP) is 6.36. The second-order valence-electron chi connectivity index (χ2n) is 11.7. The van der Waals surface area contributed by atoms with E-state index in [0.717, 1.165) is 6.07 Å². The van der Waals surface area contributed by atoms with E-state index in [1.165, 1.54) is 18.2 Å². The Kier molecular flexibility index (Phi) is 6.68. The van der Waals surface area contributed by atoms with Gasteiger partial charge in [0.25, 0.3) is 0 Å². The van der Waals surface area contributed by atoms with Gasteiger partial charge in [0.2, 0.25) is 5.91 Å². The SMILES string of the molecule is CC(C)(C)C[C@@H]1N[C@@H](C(=O)OC(C)(C)C)[C@H](c2cccc(Cl)c2F)[C@]12C(=O)Nc1cc(Cl)cc(F)c12. The first kappa shape index (κ1) is 26.8. The fourth-order valence-electron chi connectivity index (χ4n) is 5.57. The van der Waals surface area contributed by atoms with Crippen LogP contribution in [0, 0.1) is 17.0 Å². The highest BCUT2D eigenvalue weighted by Crippen LogP contribution is 2.58. The lowest BCUT2D eigenvalue weighted by molar-refractivity contribution is -0.157. The highest BCUT2D eigenvalue weighted by Gasteiger charge is 2.67. The Hall–Kier alpha value is -2.22. The maximum Gasteiger partial charge on any atom is 0.324 e. The highest BCUT2D eigenvalue weighted by atomic mass is 35.5. The van der Waals surface area contributed by atoms with Gasteiger partial charge in [0.15, 0.2) is 0 Å². The summed E-state index contributed by atoms with van der Waals surface area (Å²) in [4.78, 5) is 27.5. The number of anilines is 1. The molecule has 2 aromatic carbocycles. The van der Waals surface area contributed by atoms with Crippen LogP contribution < -0.4 is 10.6 Å². The van der Waals surface area contributed by atoms with Crippen molar-refractivity contribution >= 4 is 40.8 Å². The van der Waals surface area contributed by atoms with Gasteiger partial charge in [-0.2, -0.15) is 0 Å². The minimum absolute atomic E-state index is 0.0274. The lowest BCUT2D eigenvalue weighted by Gasteiger charge is -2.37. The molecule has 2 aliphatic heterocycles. The van der Waals surface area contributed by atoms with E-state index in [4.69, 9.17) is 27.9 Å². The van der Waals surface area contributed by atoms with Gasteiger partial charge >= 0.3 is 5.97 Å². The fourth-order valence-corrected chi connectivity index (χ4v) is 5.96. The minimum Gasteiger partial charge on any atom is -0.459 e. The molecule has 194 valence electrons. The molecular formula is C27H30Cl2F2N2O3. The van der Waals surface area contributed by atoms with Crippen molar-refractivity contribution < 1.29 is 23.1 Å². The van der Waals surface area contributed by atoms with Crippen LogP contribution >= 0.6 is 23.2 Å². The van der Waals surface area contributed by atoms with Crippen LogP contribution in [-0.2, 0) is 19.7 Å². The van der Waals surface area contributed by atoms with Crippen molar-refractivity contribution in [2.45, 2.75) is 77.0 Å². The van der Waals surface area contributed by atoms with E-state index in [9.17, 15) is 9.59 Å². The first-order valence-electron chi connectivity index (χ1n) is 11.8. The first-order chi connectivity index (χ1) is 16.6. The molecule has 0 unspecified atom stereocenters. The van der Waals surface area contributed by atoms with Gasteiger partial charge in [-0.15, -0.1) is 0 Å². The predicted molar refractivity (Wildman–Crippen MR) is 136 cm³/mol. The molecule has 0 radical (unpaired) electrons. The molecule has 1 spiro atoms. The Balaban J connectivity index is 2.05. The van der Waals surface area contributed by atoms with E-state index in [1.54, 1.807) is 26.8 Å². The Labute approximate surface area is 219 Å². The summed E-state index contributed by atoms with van der Waals surface area (Å²) in [5.41, 5.74) is -2.59. The van der Waals surface area contributed by atoms with Gasteiger partial charge in [-0.1, -0.05) is 56.1 Å². The third-order valence-electron chi connectivity index (χ3n) is 6.64. The molecule has 1 saturated heterocycles. The van der Waals surface area contributed by atoms with Crippen LogP contribution in [0.25, 0.3) is 0 Å². The lowest BCUT2D eigenvalue weighted by Crippen LogP contribution is -2.50. The van der Waals surface area contributed by atoms with E-state index in [0.29, 0.717) is 6.42 Å². The second kappa shape index (κ2) is 8.96. The van der Waals surface area contributed by atoms with Gasteiger partial charge in [-0.3, -0.25) is 14.9 Å². The molecule has 0 bridgehead atoms. The van der Waals surface area contributed by atoms with Crippen molar-refractivity contribution in [3.05, 3.63) is 63.1 Å². The zero-order valence-corrected chi connectivity index (χ0v) is 22.6.